The van der Waals surface area contributed by atoms with Gasteiger partial charge in [0.2, 0.25) is 11.8 Å². The van der Waals surface area contributed by atoms with E-state index in [-0.39, 0.29) is 29.6 Å². The van der Waals surface area contributed by atoms with E-state index in [9.17, 15) is 27.6 Å². The summed E-state index contributed by atoms with van der Waals surface area (Å²) in [6, 6.07) is 9.08. The third-order valence-corrected chi connectivity index (χ3v) is 4.25. The van der Waals surface area contributed by atoms with E-state index in [4.69, 9.17) is 15.6 Å². The number of rotatable bonds is 11. The molecular weight excluding hydrogens is 455 g/mol. The highest BCUT2D eigenvalue weighted by Gasteiger charge is 2.38. The van der Waals surface area contributed by atoms with Crippen LogP contribution in [0.15, 0.2) is 30.3 Å². The highest BCUT2D eigenvalue weighted by molar-refractivity contribution is 5.89. The van der Waals surface area contributed by atoms with Gasteiger partial charge in [-0.05, 0) is 52.1 Å². The van der Waals surface area contributed by atoms with Crippen molar-refractivity contribution in [1.82, 2.24) is 10.6 Å². The number of Topliss-reactive ketones (excluding diaryl/α,β-unsaturated/α-hetero) is 1. The van der Waals surface area contributed by atoms with Crippen molar-refractivity contribution in [2.24, 2.45) is 5.73 Å². The van der Waals surface area contributed by atoms with Crippen LogP contribution in [-0.2, 0) is 25.6 Å². The van der Waals surface area contributed by atoms with Gasteiger partial charge in [-0.1, -0.05) is 30.3 Å². The highest BCUT2D eigenvalue weighted by Crippen LogP contribution is 2.13. The molecule has 1 aromatic carbocycles. The number of carboxylic acids is 1. The number of nitrogens with two attached hydrogens (primary N) is 1. The maximum absolute atomic E-state index is 12.4. The predicted octanol–water partition coefficient (Wildman–Crippen LogP) is 2.74. The summed E-state index contributed by atoms with van der Waals surface area (Å²) in [6.45, 7) is 6.13. The van der Waals surface area contributed by atoms with Crippen LogP contribution in [0.3, 0.4) is 0 Å². The van der Waals surface area contributed by atoms with Crippen LogP contribution < -0.4 is 16.4 Å². The Hall–Kier alpha value is -2.95. The lowest BCUT2D eigenvalue weighted by Crippen LogP contribution is -2.44. The summed E-state index contributed by atoms with van der Waals surface area (Å²) < 4.78 is 31.7. The van der Waals surface area contributed by atoms with Crippen molar-refractivity contribution >= 4 is 23.6 Å². The van der Waals surface area contributed by atoms with Crippen molar-refractivity contribution in [2.45, 2.75) is 77.1 Å². The highest BCUT2D eigenvalue weighted by atomic mass is 19.4. The molecule has 8 nitrogen and oxygen atoms in total. The molecule has 0 bridgehead atoms. The molecule has 1 atom stereocenters. The number of hydrogen-bond acceptors (Lipinski definition) is 5. The molecule has 192 valence electrons. The minimum absolute atomic E-state index is 0.0722. The maximum atomic E-state index is 12.4. The maximum Gasteiger partial charge on any atom is 0.490 e. The third kappa shape index (κ3) is 15.8. The summed E-state index contributed by atoms with van der Waals surface area (Å²) in [4.78, 5) is 45.6. The molecule has 0 aliphatic carbocycles. The smallest absolute Gasteiger partial charge is 0.475 e. The van der Waals surface area contributed by atoms with Gasteiger partial charge in [-0.2, -0.15) is 13.2 Å². The molecule has 5 N–H and O–H groups in total. The molecule has 0 fully saturated rings. The van der Waals surface area contributed by atoms with Crippen molar-refractivity contribution in [1.29, 1.82) is 0 Å². The first-order chi connectivity index (χ1) is 15.7. The number of halogens is 3. The van der Waals surface area contributed by atoms with Gasteiger partial charge in [0.1, 0.15) is 0 Å². The number of aryl methyl sites for hydroxylation is 1. The lowest BCUT2D eigenvalue weighted by atomic mass is 10.0. The number of carboxylic acid groups (broad SMARTS) is 1. The number of carbonyl (C=O) groups excluding carboxylic acids is 3. The first-order valence-electron chi connectivity index (χ1n) is 10.8. The number of alkyl halides is 3. The molecule has 0 spiro atoms. The molecular formula is C23H34F3N3O5. The van der Waals surface area contributed by atoms with Crippen LogP contribution in [0, 0.1) is 0 Å². The Morgan fingerprint density at radius 3 is 2.00 bits per heavy atom. The van der Waals surface area contributed by atoms with Gasteiger partial charge in [-0.3, -0.25) is 14.4 Å². The van der Waals surface area contributed by atoms with Crippen LogP contribution >= 0.6 is 0 Å². The molecule has 34 heavy (non-hydrogen) atoms. The van der Waals surface area contributed by atoms with Gasteiger partial charge in [0, 0.05) is 24.8 Å². The number of ketones is 1. The van der Waals surface area contributed by atoms with Crippen molar-refractivity contribution in [2.75, 3.05) is 6.54 Å². The summed E-state index contributed by atoms with van der Waals surface area (Å²) in [5.41, 5.74) is 6.23. The van der Waals surface area contributed by atoms with Crippen LogP contribution in [-0.4, -0.2) is 53.0 Å². The van der Waals surface area contributed by atoms with E-state index in [2.05, 4.69) is 10.6 Å². The van der Waals surface area contributed by atoms with Crippen LogP contribution in [0.5, 0.6) is 0 Å². The third-order valence-electron chi connectivity index (χ3n) is 4.25. The average Bonchev–Trinajstić information content (AvgIpc) is 2.72. The number of benzene rings is 1. The summed E-state index contributed by atoms with van der Waals surface area (Å²) in [6.07, 6.45) is -2.80. The standard InChI is InChI=1S/C21H33N3O3.C2HF3O2/c1-21(2,3)24-20(27)14-12-17(18(25)10-7-15-22)23-19(26)13-11-16-8-5-4-6-9-16;3-2(4,5)1(6)7/h4-6,8-9,17H,7,10-15,22H2,1-3H3,(H,23,26)(H,24,27);(H,6,7)/t17-;/m0./s1. The first-order valence-corrected chi connectivity index (χ1v) is 10.8. The number of nitrogens with one attached hydrogen (secondary N) is 2. The van der Waals surface area contributed by atoms with Gasteiger partial charge < -0.3 is 21.5 Å². The zero-order valence-electron chi connectivity index (χ0n) is 19.7. The van der Waals surface area contributed by atoms with Crippen molar-refractivity contribution in [3.63, 3.8) is 0 Å². The lowest BCUT2D eigenvalue weighted by Gasteiger charge is -2.22. The van der Waals surface area contributed by atoms with Crippen molar-refractivity contribution < 1.29 is 37.5 Å². The molecule has 0 unspecified atom stereocenters. The van der Waals surface area contributed by atoms with E-state index in [1.807, 2.05) is 51.1 Å². The fraction of sp³-hybridized carbons (Fsp3) is 0.565. The van der Waals surface area contributed by atoms with E-state index < -0.39 is 18.2 Å². The predicted molar refractivity (Wildman–Crippen MR) is 121 cm³/mol. The van der Waals surface area contributed by atoms with E-state index >= 15 is 0 Å². The van der Waals surface area contributed by atoms with Gasteiger partial charge in [0.25, 0.3) is 0 Å². The van der Waals surface area contributed by atoms with Gasteiger partial charge >= 0.3 is 12.1 Å². The van der Waals surface area contributed by atoms with E-state index in [1.54, 1.807) is 0 Å². The number of amides is 2. The summed E-state index contributed by atoms with van der Waals surface area (Å²) in [5.74, 6) is -3.14. The topological polar surface area (TPSA) is 139 Å². The van der Waals surface area contributed by atoms with Gasteiger partial charge in [0.05, 0.1) is 6.04 Å². The second kappa shape index (κ2) is 15.0. The monoisotopic (exact) mass is 489 g/mol. The Kier molecular flexibility index (Phi) is 13.7. The lowest BCUT2D eigenvalue weighted by molar-refractivity contribution is -0.192. The second-order valence-corrected chi connectivity index (χ2v) is 8.60. The van der Waals surface area contributed by atoms with E-state index in [1.165, 1.54) is 0 Å². The Balaban J connectivity index is 0.00000135. The second-order valence-electron chi connectivity index (χ2n) is 8.60. The molecule has 0 aromatic heterocycles. The largest absolute Gasteiger partial charge is 0.490 e. The first kappa shape index (κ1) is 31.0. The molecule has 0 heterocycles. The minimum Gasteiger partial charge on any atom is -0.475 e. The molecule has 0 radical (unpaired) electrons. The van der Waals surface area contributed by atoms with Gasteiger partial charge in [-0.15, -0.1) is 0 Å². The quantitative estimate of drug-likeness (QED) is 0.377. The Labute approximate surface area is 197 Å². The van der Waals surface area contributed by atoms with Crippen molar-refractivity contribution in [3.05, 3.63) is 35.9 Å². The molecule has 11 heteroatoms. The van der Waals surface area contributed by atoms with E-state index in [0.717, 1.165) is 5.56 Å². The van der Waals surface area contributed by atoms with Gasteiger partial charge in [-0.25, -0.2) is 4.79 Å². The Morgan fingerprint density at radius 1 is 0.971 bits per heavy atom. The summed E-state index contributed by atoms with van der Waals surface area (Å²) in [5, 5.41) is 12.8. The van der Waals surface area contributed by atoms with E-state index in [0.29, 0.717) is 38.6 Å². The van der Waals surface area contributed by atoms with Crippen LogP contribution in [0.25, 0.3) is 0 Å². The Bertz CT molecular complexity index is 793. The zero-order valence-corrected chi connectivity index (χ0v) is 19.7. The molecule has 0 saturated carbocycles. The molecule has 0 aliphatic heterocycles. The number of carbonyl (C=O) groups is 4. The van der Waals surface area contributed by atoms with Crippen molar-refractivity contribution in [3.8, 4) is 0 Å². The normalized spacial score (nSPS) is 12.1. The van der Waals surface area contributed by atoms with Crippen LogP contribution in [0.1, 0.15) is 58.4 Å². The number of aliphatic carboxylic acids is 1. The van der Waals surface area contributed by atoms with Crippen LogP contribution in [0.4, 0.5) is 13.2 Å². The molecule has 1 rings (SSSR count). The molecule has 2 amide bonds. The molecule has 1 aromatic rings. The van der Waals surface area contributed by atoms with Gasteiger partial charge in [0.15, 0.2) is 5.78 Å². The minimum atomic E-state index is -5.08. The molecule has 0 aliphatic rings. The fourth-order valence-corrected chi connectivity index (χ4v) is 2.69. The van der Waals surface area contributed by atoms with Crippen LogP contribution in [0.2, 0.25) is 0 Å². The summed E-state index contributed by atoms with van der Waals surface area (Å²) in [7, 11) is 0. The average molecular weight is 490 g/mol. The fourth-order valence-electron chi connectivity index (χ4n) is 2.69. The SMILES string of the molecule is CC(C)(C)NC(=O)CC[C@H](NC(=O)CCc1ccccc1)C(=O)CCCN.O=C(O)C(F)(F)F. The Morgan fingerprint density at radius 2 is 1.53 bits per heavy atom. The number of hydrogen-bond donors (Lipinski definition) is 4. The molecule has 0 saturated heterocycles. The summed E-state index contributed by atoms with van der Waals surface area (Å²) >= 11 is 0. The zero-order chi connectivity index (χ0) is 26.4.